The van der Waals surface area contributed by atoms with Crippen molar-refractivity contribution >= 4 is 22.7 Å². The van der Waals surface area contributed by atoms with Crippen LogP contribution in [0.3, 0.4) is 0 Å². The summed E-state index contributed by atoms with van der Waals surface area (Å²) in [5, 5.41) is 34.7. The first-order valence-electron chi connectivity index (χ1n) is 8.98. The lowest BCUT2D eigenvalue weighted by atomic mass is 9.95. The van der Waals surface area contributed by atoms with Crippen molar-refractivity contribution in [1.29, 1.82) is 0 Å². The second-order valence-corrected chi connectivity index (χ2v) is 6.97. The zero-order valence-electron chi connectivity index (χ0n) is 15.8. The third-order valence-corrected chi connectivity index (χ3v) is 5.03. The standard InChI is InChI=1S/C18H21N7O4/c1-10(11-4-3-5-19-6-11)23-24-15-13-16(21-8-20-15)25(9-22-13)17-14(27)18(2,28)12(7-26)29-17/h3-6,8-9,12,14,17,26-28H,7H2,1-2H3,(H,20,21,24)/b23-10-/t12-,14+,17?,18-/m1/s1. The summed E-state index contributed by atoms with van der Waals surface area (Å²) >= 11 is 0. The highest BCUT2D eigenvalue weighted by atomic mass is 16.6. The smallest absolute Gasteiger partial charge is 0.177 e. The fourth-order valence-corrected chi connectivity index (χ4v) is 3.20. The van der Waals surface area contributed by atoms with Crippen molar-refractivity contribution in [3.8, 4) is 0 Å². The van der Waals surface area contributed by atoms with Gasteiger partial charge in [-0.05, 0) is 19.9 Å². The van der Waals surface area contributed by atoms with Gasteiger partial charge in [0.1, 0.15) is 24.1 Å². The van der Waals surface area contributed by atoms with Crippen molar-refractivity contribution < 1.29 is 20.1 Å². The number of ether oxygens (including phenoxy) is 1. The van der Waals surface area contributed by atoms with Crippen LogP contribution in [0.5, 0.6) is 0 Å². The fourth-order valence-electron chi connectivity index (χ4n) is 3.20. The Morgan fingerprint density at radius 3 is 2.90 bits per heavy atom. The van der Waals surface area contributed by atoms with Crippen LogP contribution in [-0.2, 0) is 4.74 Å². The highest BCUT2D eigenvalue weighted by Gasteiger charge is 2.52. The minimum atomic E-state index is -1.62. The van der Waals surface area contributed by atoms with Gasteiger partial charge in [-0.2, -0.15) is 5.10 Å². The van der Waals surface area contributed by atoms with Gasteiger partial charge in [0.25, 0.3) is 0 Å². The molecule has 4 N–H and O–H groups in total. The summed E-state index contributed by atoms with van der Waals surface area (Å²) in [6.45, 7) is 2.81. The molecular formula is C18H21N7O4. The summed E-state index contributed by atoms with van der Waals surface area (Å²) in [5.74, 6) is 0.370. The number of nitrogens with zero attached hydrogens (tertiary/aromatic N) is 6. The Hall–Kier alpha value is -2.99. The van der Waals surface area contributed by atoms with Crippen molar-refractivity contribution in [3.05, 3.63) is 42.7 Å². The topological polar surface area (TPSA) is 151 Å². The summed E-state index contributed by atoms with van der Waals surface area (Å²) in [4.78, 5) is 16.8. The molecule has 0 spiro atoms. The van der Waals surface area contributed by atoms with Gasteiger partial charge in [0.05, 0.1) is 18.6 Å². The zero-order chi connectivity index (χ0) is 20.6. The SMILES string of the molecule is C/C(=N/Nc1ncnc2c1ncn2C1O[C@H](CO)[C@@](C)(O)[C@H]1O)c1cccnc1. The number of pyridine rings is 1. The van der Waals surface area contributed by atoms with Gasteiger partial charge in [0.2, 0.25) is 0 Å². The Labute approximate surface area is 165 Å². The van der Waals surface area contributed by atoms with Crippen molar-refractivity contribution in [3.63, 3.8) is 0 Å². The highest BCUT2D eigenvalue weighted by Crippen LogP contribution is 2.38. The van der Waals surface area contributed by atoms with E-state index in [1.165, 1.54) is 24.1 Å². The molecule has 0 aromatic carbocycles. The molecule has 0 bridgehead atoms. The van der Waals surface area contributed by atoms with E-state index < -0.39 is 30.6 Å². The predicted octanol–water partition coefficient (Wildman–Crippen LogP) is 0.0590. The van der Waals surface area contributed by atoms with Crippen molar-refractivity contribution in [2.24, 2.45) is 5.10 Å². The van der Waals surface area contributed by atoms with Crippen LogP contribution in [-0.4, -0.2) is 70.0 Å². The van der Waals surface area contributed by atoms with Crippen LogP contribution in [0.25, 0.3) is 11.2 Å². The van der Waals surface area contributed by atoms with Gasteiger partial charge in [-0.3, -0.25) is 15.0 Å². The minimum Gasteiger partial charge on any atom is -0.394 e. The van der Waals surface area contributed by atoms with Crippen LogP contribution in [0.2, 0.25) is 0 Å². The van der Waals surface area contributed by atoms with Crippen LogP contribution < -0.4 is 5.43 Å². The molecule has 11 nitrogen and oxygen atoms in total. The molecule has 1 aliphatic heterocycles. The lowest BCUT2D eigenvalue weighted by Gasteiger charge is -2.25. The monoisotopic (exact) mass is 399 g/mol. The Kier molecular flexibility index (Phi) is 4.96. The van der Waals surface area contributed by atoms with E-state index >= 15 is 0 Å². The maximum Gasteiger partial charge on any atom is 0.177 e. The number of hydrogen-bond acceptors (Lipinski definition) is 10. The van der Waals surface area contributed by atoms with Crippen LogP contribution in [0.4, 0.5) is 5.82 Å². The summed E-state index contributed by atoms with van der Waals surface area (Å²) in [6, 6.07) is 3.71. The Bertz CT molecular complexity index is 1040. The van der Waals surface area contributed by atoms with Gasteiger partial charge in [0.15, 0.2) is 23.2 Å². The first-order chi connectivity index (χ1) is 13.9. The first kappa shape index (κ1) is 19.3. The summed E-state index contributed by atoms with van der Waals surface area (Å²) in [6.07, 6.45) is 2.97. The van der Waals surface area contributed by atoms with Gasteiger partial charge in [-0.25, -0.2) is 15.0 Å². The molecule has 11 heteroatoms. The number of nitrogens with one attached hydrogen (secondary N) is 1. The average Bonchev–Trinajstić information content (AvgIpc) is 3.26. The average molecular weight is 399 g/mol. The normalized spacial score (nSPS) is 27.5. The lowest BCUT2D eigenvalue weighted by Crippen LogP contribution is -2.46. The molecule has 4 heterocycles. The molecule has 4 rings (SSSR count). The molecule has 29 heavy (non-hydrogen) atoms. The van der Waals surface area contributed by atoms with E-state index in [9.17, 15) is 15.3 Å². The maximum absolute atomic E-state index is 10.5. The maximum atomic E-state index is 10.5. The van der Waals surface area contributed by atoms with Gasteiger partial charge in [-0.15, -0.1) is 0 Å². The minimum absolute atomic E-state index is 0.370. The van der Waals surface area contributed by atoms with E-state index in [0.29, 0.717) is 22.7 Å². The van der Waals surface area contributed by atoms with Crippen LogP contribution in [0.1, 0.15) is 25.6 Å². The Morgan fingerprint density at radius 1 is 1.38 bits per heavy atom. The number of fused-ring (bicyclic) bond motifs is 1. The van der Waals surface area contributed by atoms with E-state index in [4.69, 9.17) is 4.74 Å². The van der Waals surface area contributed by atoms with Gasteiger partial charge >= 0.3 is 0 Å². The molecule has 0 amide bonds. The number of aliphatic hydroxyl groups excluding tert-OH is 2. The molecular weight excluding hydrogens is 378 g/mol. The van der Waals surface area contributed by atoms with E-state index in [1.807, 2.05) is 19.1 Å². The van der Waals surface area contributed by atoms with Crippen LogP contribution in [0.15, 0.2) is 42.3 Å². The molecule has 3 aromatic heterocycles. The molecule has 3 aromatic rings. The van der Waals surface area contributed by atoms with E-state index in [0.717, 1.165) is 5.56 Å². The second-order valence-electron chi connectivity index (χ2n) is 6.97. The third kappa shape index (κ3) is 3.34. The van der Waals surface area contributed by atoms with Crippen molar-refractivity contribution in [1.82, 2.24) is 24.5 Å². The number of imidazole rings is 1. The fraction of sp³-hybridized carbons (Fsp3) is 0.389. The number of rotatable bonds is 5. The molecule has 1 fully saturated rings. The zero-order valence-corrected chi connectivity index (χ0v) is 15.8. The van der Waals surface area contributed by atoms with Gasteiger partial charge in [0, 0.05) is 18.0 Å². The van der Waals surface area contributed by atoms with Crippen LogP contribution in [0, 0.1) is 0 Å². The highest BCUT2D eigenvalue weighted by molar-refractivity contribution is 5.99. The second kappa shape index (κ2) is 7.44. The van der Waals surface area contributed by atoms with E-state index in [-0.39, 0.29) is 0 Å². The molecule has 0 saturated carbocycles. The van der Waals surface area contributed by atoms with Gasteiger partial charge in [-0.1, -0.05) is 6.07 Å². The predicted molar refractivity (Wildman–Crippen MR) is 103 cm³/mol. The summed E-state index contributed by atoms with van der Waals surface area (Å²) < 4.78 is 7.14. The van der Waals surface area contributed by atoms with Crippen molar-refractivity contribution in [2.45, 2.75) is 37.9 Å². The Balaban J connectivity index is 1.64. The quantitative estimate of drug-likeness (QED) is 0.345. The molecule has 1 saturated heterocycles. The number of aromatic nitrogens is 5. The van der Waals surface area contributed by atoms with Crippen LogP contribution >= 0.6 is 0 Å². The van der Waals surface area contributed by atoms with E-state index in [2.05, 4.69) is 30.5 Å². The molecule has 0 aliphatic carbocycles. The van der Waals surface area contributed by atoms with E-state index in [1.54, 1.807) is 12.4 Å². The van der Waals surface area contributed by atoms with Crippen molar-refractivity contribution in [2.75, 3.05) is 12.0 Å². The molecule has 1 aliphatic rings. The number of anilines is 1. The largest absolute Gasteiger partial charge is 0.394 e. The number of hydrazone groups is 1. The number of hydrogen-bond donors (Lipinski definition) is 4. The third-order valence-electron chi connectivity index (χ3n) is 5.03. The first-order valence-corrected chi connectivity index (χ1v) is 8.98. The lowest BCUT2D eigenvalue weighted by molar-refractivity contribution is -0.0804. The molecule has 0 radical (unpaired) electrons. The summed E-state index contributed by atoms with van der Waals surface area (Å²) in [7, 11) is 0. The molecule has 4 atom stereocenters. The van der Waals surface area contributed by atoms with Gasteiger partial charge < -0.3 is 20.1 Å². The summed E-state index contributed by atoms with van der Waals surface area (Å²) in [5.41, 5.74) is 3.63. The number of aliphatic hydroxyl groups is 3. The molecule has 152 valence electrons. The Morgan fingerprint density at radius 2 is 2.21 bits per heavy atom. The molecule has 1 unspecified atom stereocenters.